The Morgan fingerprint density at radius 2 is 2.06 bits per heavy atom. The maximum Gasteiger partial charge on any atom is 0.255 e. The van der Waals surface area contributed by atoms with Crippen LogP contribution in [0.4, 0.5) is 0 Å². The molecule has 3 amide bonds. The van der Waals surface area contributed by atoms with Crippen LogP contribution in [0.3, 0.4) is 0 Å². The van der Waals surface area contributed by atoms with Gasteiger partial charge in [0.1, 0.15) is 6.04 Å². The Kier molecular flexibility index (Phi) is 8.00. The van der Waals surface area contributed by atoms with Gasteiger partial charge in [-0.1, -0.05) is 37.3 Å². The third-order valence-corrected chi connectivity index (χ3v) is 8.59. The summed E-state index contributed by atoms with van der Waals surface area (Å²) in [5.74, 6) is 0.00582. The van der Waals surface area contributed by atoms with Gasteiger partial charge in [-0.15, -0.1) is 18.3 Å². The molecule has 2 aliphatic heterocycles. The number of thioether (sulfide) groups is 1. The Morgan fingerprint density at radius 3 is 2.75 bits per heavy atom. The van der Waals surface area contributed by atoms with E-state index in [1.165, 1.54) is 16.7 Å². The number of rotatable bonds is 10. The minimum atomic E-state index is -0.592. The molecule has 2 atom stereocenters. The van der Waals surface area contributed by atoms with Crippen LogP contribution in [0.15, 0.2) is 53.9 Å². The molecule has 0 saturated carbocycles. The molecule has 6 nitrogen and oxygen atoms in total. The first kappa shape index (κ1) is 26.2. The van der Waals surface area contributed by atoms with E-state index in [9.17, 15) is 14.4 Å². The molecule has 4 rings (SSSR count). The Labute approximate surface area is 217 Å². The highest BCUT2D eigenvalue weighted by molar-refractivity contribution is 7.98. The summed E-state index contributed by atoms with van der Waals surface area (Å²) in [6, 6.07) is 11.8. The normalized spacial score (nSPS) is 19.1. The second-order valence-electron chi connectivity index (χ2n) is 9.99. The van der Waals surface area contributed by atoms with Crippen molar-refractivity contribution in [3.63, 3.8) is 0 Å². The van der Waals surface area contributed by atoms with Crippen LogP contribution >= 0.6 is 11.8 Å². The molecule has 0 aliphatic carbocycles. The molecule has 7 heteroatoms. The molecule has 0 bridgehead atoms. The molecule has 2 N–H and O–H groups in total. The monoisotopic (exact) mass is 505 g/mol. The molecule has 2 heterocycles. The molecule has 1 saturated heterocycles. The minimum Gasteiger partial charge on any atom is -0.322 e. The summed E-state index contributed by atoms with van der Waals surface area (Å²) in [6.45, 7) is 11.7. The van der Waals surface area contributed by atoms with Gasteiger partial charge >= 0.3 is 0 Å². The molecule has 2 aromatic rings. The Hall–Kier alpha value is -2.90. The average Bonchev–Trinajstić information content (AvgIpc) is 3.19. The molecule has 2 aromatic carbocycles. The number of imide groups is 1. The minimum absolute atomic E-state index is 0.0511. The molecule has 0 radical (unpaired) electrons. The Balaban J connectivity index is 1.42. The van der Waals surface area contributed by atoms with E-state index in [0.717, 1.165) is 35.6 Å². The van der Waals surface area contributed by atoms with Crippen LogP contribution in [0.25, 0.3) is 0 Å². The summed E-state index contributed by atoms with van der Waals surface area (Å²) in [7, 11) is 0. The highest BCUT2D eigenvalue weighted by Crippen LogP contribution is 2.35. The second-order valence-corrected chi connectivity index (χ2v) is 11.0. The SMILES string of the molecule is C=CCC(C)(CC)NCc1ccc(CSc2cccc3c2CN(C2CCC(=O)NC2=O)C3=O)cc1C. The number of piperidine rings is 1. The summed E-state index contributed by atoms with van der Waals surface area (Å²) in [5, 5.41) is 6.06. The summed E-state index contributed by atoms with van der Waals surface area (Å²) < 4.78 is 0. The van der Waals surface area contributed by atoms with E-state index in [1.807, 2.05) is 24.3 Å². The fraction of sp³-hybridized carbons (Fsp3) is 0.414. The first-order valence-electron chi connectivity index (χ1n) is 12.6. The molecule has 190 valence electrons. The van der Waals surface area contributed by atoms with Crippen LogP contribution in [-0.4, -0.2) is 34.2 Å². The van der Waals surface area contributed by atoms with Crippen molar-refractivity contribution in [2.24, 2.45) is 0 Å². The lowest BCUT2D eigenvalue weighted by molar-refractivity contribution is -0.136. The number of nitrogens with zero attached hydrogens (tertiary/aromatic N) is 1. The van der Waals surface area contributed by atoms with Gasteiger partial charge in [-0.05, 0) is 67.5 Å². The van der Waals surface area contributed by atoms with E-state index < -0.39 is 6.04 Å². The lowest BCUT2D eigenvalue weighted by Crippen LogP contribution is -2.52. The molecular formula is C29H35N3O3S. The van der Waals surface area contributed by atoms with Gasteiger partial charge < -0.3 is 10.2 Å². The topological polar surface area (TPSA) is 78.5 Å². The zero-order chi connectivity index (χ0) is 25.9. The molecule has 0 spiro atoms. The van der Waals surface area contributed by atoms with Crippen LogP contribution in [-0.2, 0) is 28.4 Å². The van der Waals surface area contributed by atoms with Gasteiger partial charge in [0.25, 0.3) is 5.91 Å². The fourth-order valence-corrected chi connectivity index (χ4v) is 5.89. The summed E-state index contributed by atoms with van der Waals surface area (Å²) >= 11 is 1.71. The highest BCUT2D eigenvalue weighted by Gasteiger charge is 2.39. The number of carbonyl (C=O) groups excluding carboxylic acids is 3. The first-order valence-corrected chi connectivity index (χ1v) is 13.6. The number of carbonyl (C=O) groups is 3. The van der Waals surface area contributed by atoms with Crippen molar-refractivity contribution in [2.75, 3.05) is 0 Å². The first-order chi connectivity index (χ1) is 17.2. The van der Waals surface area contributed by atoms with E-state index in [4.69, 9.17) is 0 Å². The third-order valence-electron chi connectivity index (χ3n) is 7.42. The van der Waals surface area contributed by atoms with Crippen molar-refractivity contribution >= 4 is 29.5 Å². The lowest BCUT2D eigenvalue weighted by atomic mass is 9.94. The number of fused-ring (bicyclic) bond motifs is 1. The largest absolute Gasteiger partial charge is 0.322 e. The van der Waals surface area contributed by atoms with Crippen molar-refractivity contribution in [3.8, 4) is 0 Å². The standard InChI is InChI=1S/C29H35N3O3S/c1-5-14-29(4,6-2)30-16-21-11-10-20(15-19(21)3)18-36-25-9-7-8-22-23(25)17-32(28(22)35)24-12-13-26(33)31-27(24)34/h5,7-11,15,24,30H,1,6,12-14,16-18H2,2-4H3,(H,31,33,34). The number of amides is 3. The van der Waals surface area contributed by atoms with Gasteiger partial charge in [0.15, 0.2) is 0 Å². The number of hydrogen-bond acceptors (Lipinski definition) is 5. The van der Waals surface area contributed by atoms with E-state index in [0.29, 0.717) is 18.5 Å². The lowest BCUT2D eigenvalue weighted by Gasteiger charge is -2.29. The zero-order valence-electron chi connectivity index (χ0n) is 21.4. The summed E-state index contributed by atoms with van der Waals surface area (Å²) in [5.41, 5.74) is 5.45. The maximum atomic E-state index is 13.1. The fourth-order valence-electron chi connectivity index (χ4n) is 4.87. The number of aryl methyl sites for hydroxylation is 1. The Morgan fingerprint density at radius 1 is 1.25 bits per heavy atom. The van der Waals surface area contributed by atoms with Crippen LogP contribution in [0, 0.1) is 6.92 Å². The molecular weight excluding hydrogens is 470 g/mol. The average molecular weight is 506 g/mol. The third kappa shape index (κ3) is 5.57. The highest BCUT2D eigenvalue weighted by atomic mass is 32.2. The Bertz CT molecular complexity index is 1190. The molecule has 2 unspecified atom stereocenters. The van der Waals surface area contributed by atoms with E-state index in [-0.39, 0.29) is 29.7 Å². The second kappa shape index (κ2) is 11.0. The van der Waals surface area contributed by atoms with Crippen LogP contribution in [0.5, 0.6) is 0 Å². The zero-order valence-corrected chi connectivity index (χ0v) is 22.2. The van der Waals surface area contributed by atoms with E-state index in [2.05, 4.69) is 56.2 Å². The van der Waals surface area contributed by atoms with Crippen LogP contribution in [0.1, 0.15) is 72.1 Å². The van der Waals surface area contributed by atoms with E-state index in [1.54, 1.807) is 16.7 Å². The molecule has 0 aromatic heterocycles. The summed E-state index contributed by atoms with van der Waals surface area (Å²) in [6.07, 6.45) is 4.58. The quantitative estimate of drug-likeness (QED) is 0.273. The van der Waals surface area contributed by atoms with Gasteiger partial charge in [0, 0.05) is 41.3 Å². The van der Waals surface area contributed by atoms with Crippen molar-refractivity contribution in [2.45, 2.75) is 81.8 Å². The van der Waals surface area contributed by atoms with Crippen molar-refractivity contribution < 1.29 is 14.4 Å². The van der Waals surface area contributed by atoms with Crippen molar-refractivity contribution in [3.05, 3.63) is 76.9 Å². The smallest absolute Gasteiger partial charge is 0.255 e. The van der Waals surface area contributed by atoms with Gasteiger partial charge in [-0.25, -0.2) is 0 Å². The number of hydrogen-bond donors (Lipinski definition) is 2. The van der Waals surface area contributed by atoms with Gasteiger partial charge in [0.2, 0.25) is 11.8 Å². The predicted molar refractivity (Wildman–Crippen MR) is 144 cm³/mol. The number of nitrogens with one attached hydrogen (secondary N) is 2. The van der Waals surface area contributed by atoms with Crippen LogP contribution in [0.2, 0.25) is 0 Å². The van der Waals surface area contributed by atoms with Crippen molar-refractivity contribution in [1.82, 2.24) is 15.5 Å². The van der Waals surface area contributed by atoms with Gasteiger partial charge in [0.05, 0.1) is 0 Å². The van der Waals surface area contributed by atoms with Crippen LogP contribution < -0.4 is 10.6 Å². The maximum absolute atomic E-state index is 13.1. The molecule has 36 heavy (non-hydrogen) atoms. The van der Waals surface area contributed by atoms with Gasteiger partial charge in [-0.3, -0.25) is 19.7 Å². The predicted octanol–water partition coefficient (Wildman–Crippen LogP) is 4.88. The van der Waals surface area contributed by atoms with Gasteiger partial charge in [-0.2, -0.15) is 0 Å². The molecule has 2 aliphatic rings. The van der Waals surface area contributed by atoms with E-state index >= 15 is 0 Å². The number of benzene rings is 2. The summed E-state index contributed by atoms with van der Waals surface area (Å²) in [4.78, 5) is 39.6. The van der Waals surface area contributed by atoms with Crippen molar-refractivity contribution in [1.29, 1.82) is 0 Å². The molecule has 1 fully saturated rings.